The Balaban J connectivity index is 1.90. The smallest absolute Gasteiger partial charge is 0.337 e. The van der Waals surface area contributed by atoms with Crippen molar-refractivity contribution >= 4 is 51.4 Å². The summed E-state index contributed by atoms with van der Waals surface area (Å²) >= 11 is 12.2. The number of nitrogens with zero attached hydrogens (tertiary/aromatic N) is 1. The second-order valence-corrected chi connectivity index (χ2v) is 7.43. The van der Waals surface area contributed by atoms with Gasteiger partial charge in [-0.15, -0.1) is 0 Å². The number of benzene rings is 2. The second-order valence-electron chi connectivity index (χ2n) is 6.56. The van der Waals surface area contributed by atoms with E-state index in [9.17, 15) is 9.90 Å². The summed E-state index contributed by atoms with van der Waals surface area (Å²) in [6, 6.07) is 10.3. The van der Waals surface area contributed by atoms with E-state index in [0.29, 0.717) is 21.7 Å². The summed E-state index contributed by atoms with van der Waals surface area (Å²) in [4.78, 5) is 16.3. The monoisotopic (exact) mass is 401 g/mol. The summed E-state index contributed by atoms with van der Waals surface area (Å²) in [5.41, 5.74) is 3.26. The topological polar surface area (TPSA) is 74.2 Å². The van der Waals surface area contributed by atoms with Gasteiger partial charge in [0.05, 0.1) is 22.5 Å². The summed E-state index contributed by atoms with van der Waals surface area (Å²) < 4.78 is 0. The third-order valence-corrected chi connectivity index (χ3v) is 5.30. The van der Waals surface area contributed by atoms with Crippen molar-refractivity contribution < 1.29 is 9.90 Å². The predicted octanol–water partition coefficient (Wildman–Crippen LogP) is 5.06. The van der Waals surface area contributed by atoms with E-state index in [1.165, 1.54) is 6.07 Å². The Morgan fingerprint density at radius 3 is 2.70 bits per heavy atom. The molecule has 0 amide bonds. The lowest BCUT2D eigenvalue weighted by Crippen LogP contribution is -2.11. The molecule has 4 rings (SSSR count). The molecule has 0 aliphatic carbocycles. The largest absolute Gasteiger partial charge is 0.478 e. The fraction of sp³-hybridized carbons (Fsp3) is 0.200. The van der Waals surface area contributed by atoms with Gasteiger partial charge in [0.1, 0.15) is 0 Å². The molecule has 138 valence electrons. The van der Waals surface area contributed by atoms with Gasteiger partial charge in [-0.1, -0.05) is 23.2 Å². The maximum absolute atomic E-state index is 11.7. The Morgan fingerprint density at radius 2 is 1.96 bits per heavy atom. The van der Waals surface area contributed by atoms with Crippen LogP contribution in [0, 0.1) is 0 Å². The molecule has 0 spiro atoms. The summed E-state index contributed by atoms with van der Waals surface area (Å²) in [6.07, 6.45) is 2.86. The Bertz CT molecular complexity index is 1030. The van der Waals surface area contributed by atoms with Gasteiger partial charge in [-0.3, -0.25) is 4.98 Å². The average Bonchev–Trinajstić information content (AvgIpc) is 3.17. The molecule has 1 aromatic heterocycles. The minimum absolute atomic E-state index is 0.116. The summed E-state index contributed by atoms with van der Waals surface area (Å²) in [5, 5.41) is 18.1. The van der Waals surface area contributed by atoms with Gasteiger partial charge in [0.15, 0.2) is 0 Å². The zero-order valence-corrected chi connectivity index (χ0v) is 15.8. The number of carbonyl (C=O) groups is 1. The van der Waals surface area contributed by atoms with Crippen molar-refractivity contribution in [2.75, 3.05) is 18.4 Å². The zero-order valence-electron chi connectivity index (χ0n) is 14.3. The van der Waals surface area contributed by atoms with E-state index in [1.807, 2.05) is 18.3 Å². The van der Waals surface area contributed by atoms with Crippen LogP contribution in [0.4, 0.5) is 11.4 Å². The molecule has 3 N–H and O–H groups in total. The van der Waals surface area contributed by atoms with Crippen molar-refractivity contribution in [3.8, 4) is 0 Å². The van der Waals surface area contributed by atoms with Crippen LogP contribution >= 0.6 is 23.2 Å². The lowest BCUT2D eigenvalue weighted by molar-refractivity contribution is 0.0698. The molecule has 27 heavy (non-hydrogen) atoms. The van der Waals surface area contributed by atoms with Crippen LogP contribution in [0.3, 0.4) is 0 Å². The van der Waals surface area contributed by atoms with Gasteiger partial charge in [0.25, 0.3) is 0 Å². The number of hydrogen-bond donors (Lipinski definition) is 3. The van der Waals surface area contributed by atoms with E-state index < -0.39 is 5.97 Å². The van der Waals surface area contributed by atoms with Crippen LogP contribution < -0.4 is 10.6 Å². The van der Waals surface area contributed by atoms with Crippen LogP contribution in [-0.4, -0.2) is 29.1 Å². The van der Waals surface area contributed by atoms with Gasteiger partial charge in [-0.05, 0) is 54.9 Å². The lowest BCUT2D eigenvalue weighted by Gasteiger charge is -2.19. The molecule has 2 aromatic carbocycles. The van der Waals surface area contributed by atoms with Gasteiger partial charge in [0.2, 0.25) is 0 Å². The molecule has 1 fully saturated rings. The number of nitrogens with one attached hydrogen (secondary N) is 2. The van der Waals surface area contributed by atoms with Crippen LogP contribution in [0.25, 0.3) is 10.9 Å². The quantitative estimate of drug-likeness (QED) is 0.569. The van der Waals surface area contributed by atoms with Crippen molar-refractivity contribution in [2.24, 2.45) is 0 Å². The molecule has 2 heterocycles. The molecular formula is C20H17Cl2N3O2. The number of fused-ring (bicyclic) bond motifs is 1. The standard InChI is InChI=1S/C20H17Cl2N3O2/c21-12-1-3-17-14(7-12)19(16(10-24-17)11-5-6-23-9-11)25-18-4-2-13(22)8-15(18)20(26)27/h1-4,7-8,10-11,23H,5-6,9H2,(H,24,25)(H,26,27). The van der Waals surface area contributed by atoms with E-state index in [1.54, 1.807) is 18.2 Å². The maximum atomic E-state index is 11.7. The highest BCUT2D eigenvalue weighted by atomic mass is 35.5. The number of aromatic carboxylic acids is 1. The Hall–Kier alpha value is -2.34. The Labute approximate surface area is 166 Å². The molecule has 1 atom stereocenters. The highest BCUT2D eigenvalue weighted by Gasteiger charge is 2.23. The van der Waals surface area contributed by atoms with Gasteiger partial charge < -0.3 is 15.7 Å². The SMILES string of the molecule is O=C(O)c1cc(Cl)ccc1Nc1c(C2CCNC2)cnc2ccc(Cl)cc12. The van der Waals surface area contributed by atoms with E-state index in [4.69, 9.17) is 23.2 Å². The third-order valence-electron chi connectivity index (χ3n) is 4.83. The van der Waals surface area contributed by atoms with E-state index in [0.717, 1.165) is 41.7 Å². The summed E-state index contributed by atoms with van der Waals surface area (Å²) in [6.45, 7) is 1.80. The van der Waals surface area contributed by atoms with Crippen molar-refractivity contribution in [1.29, 1.82) is 0 Å². The Morgan fingerprint density at radius 1 is 1.19 bits per heavy atom. The number of aromatic nitrogens is 1. The van der Waals surface area contributed by atoms with Gasteiger partial charge in [-0.2, -0.15) is 0 Å². The first-order valence-electron chi connectivity index (χ1n) is 8.61. The molecule has 1 aliphatic heterocycles. The normalized spacial score (nSPS) is 16.6. The van der Waals surface area contributed by atoms with Crippen molar-refractivity contribution in [3.05, 3.63) is 63.8 Å². The third kappa shape index (κ3) is 3.58. The number of anilines is 2. The fourth-order valence-electron chi connectivity index (χ4n) is 3.49. The summed E-state index contributed by atoms with van der Waals surface area (Å²) in [5.74, 6) is -0.746. The molecule has 0 bridgehead atoms. The maximum Gasteiger partial charge on any atom is 0.337 e. The fourth-order valence-corrected chi connectivity index (χ4v) is 3.83. The highest BCUT2D eigenvalue weighted by Crippen LogP contribution is 2.37. The molecule has 1 unspecified atom stereocenters. The zero-order chi connectivity index (χ0) is 19.0. The second kappa shape index (κ2) is 7.35. The highest BCUT2D eigenvalue weighted by molar-refractivity contribution is 6.31. The van der Waals surface area contributed by atoms with Gasteiger partial charge >= 0.3 is 5.97 Å². The van der Waals surface area contributed by atoms with Gasteiger partial charge in [-0.25, -0.2) is 4.79 Å². The molecular weight excluding hydrogens is 385 g/mol. The van der Waals surface area contributed by atoms with Crippen LogP contribution in [0.5, 0.6) is 0 Å². The minimum Gasteiger partial charge on any atom is -0.478 e. The molecule has 0 saturated carbocycles. The Kier molecular flexibility index (Phi) is 4.91. The first-order valence-corrected chi connectivity index (χ1v) is 9.37. The molecule has 5 nitrogen and oxygen atoms in total. The summed E-state index contributed by atoms with van der Waals surface area (Å²) in [7, 11) is 0. The van der Waals surface area contributed by atoms with E-state index in [2.05, 4.69) is 15.6 Å². The molecule has 1 aliphatic rings. The first kappa shape index (κ1) is 18.0. The number of hydrogen-bond acceptors (Lipinski definition) is 4. The molecule has 3 aromatic rings. The van der Waals surface area contributed by atoms with Crippen LogP contribution in [0.1, 0.15) is 28.3 Å². The van der Waals surface area contributed by atoms with Gasteiger partial charge in [0, 0.05) is 34.1 Å². The van der Waals surface area contributed by atoms with Crippen LogP contribution in [0.2, 0.25) is 10.0 Å². The van der Waals surface area contributed by atoms with Crippen LogP contribution in [0.15, 0.2) is 42.6 Å². The number of halogens is 2. The van der Waals surface area contributed by atoms with Crippen molar-refractivity contribution in [3.63, 3.8) is 0 Å². The minimum atomic E-state index is -1.04. The number of pyridine rings is 1. The first-order chi connectivity index (χ1) is 13.0. The van der Waals surface area contributed by atoms with Crippen LogP contribution in [-0.2, 0) is 0 Å². The average molecular weight is 402 g/mol. The number of rotatable bonds is 4. The van der Waals surface area contributed by atoms with Crippen molar-refractivity contribution in [1.82, 2.24) is 10.3 Å². The molecule has 1 saturated heterocycles. The molecule has 0 radical (unpaired) electrons. The van der Waals surface area contributed by atoms with E-state index in [-0.39, 0.29) is 5.56 Å². The van der Waals surface area contributed by atoms with Crippen molar-refractivity contribution in [2.45, 2.75) is 12.3 Å². The van der Waals surface area contributed by atoms with E-state index >= 15 is 0 Å². The molecule has 7 heteroatoms. The number of carboxylic acid groups (broad SMARTS) is 1. The lowest BCUT2D eigenvalue weighted by atomic mass is 9.95. The number of carboxylic acids is 1. The predicted molar refractivity (Wildman–Crippen MR) is 109 cm³/mol.